The van der Waals surface area contributed by atoms with Crippen molar-refractivity contribution < 1.29 is 23.9 Å². The van der Waals surface area contributed by atoms with Crippen molar-refractivity contribution in [1.82, 2.24) is 15.6 Å². The third kappa shape index (κ3) is 14.3. The van der Waals surface area contributed by atoms with Crippen molar-refractivity contribution in [3.8, 4) is 0 Å². The lowest BCUT2D eigenvalue weighted by atomic mass is 10.1. The van der Waals surface area contributed by atoms with Crippen molar-refractivity contribution in [2.24, 2.45) is 0 Å². The molecule has 0 saturated heterocycles. The summed E-state index contributed by atoms with van der Waals surface area (Å²) in [5, 5.41) is 8.13. The first-order valence-corrected chi connectivity index (χ1v) is 15.0. The monoisotopic (exact) mass is 618 g/mol. The van der Waals surface area contributed by atoms with Crippen LogP contribution in [0.1, 0.15) is 94.5 Å². The van der Waals surface area contributed by atoms with Crippen LogP contribution in [0.25, 0.3) is 0 Å². The summed E-state index contributed by atoms with van der Waals surface area (Å²) in [6.07, 6.45) is 12.4. The van der Waals surface area contributed by atoms with E-state index in [-0.39, 0.29) is 18.6 Å². The molecule has 40 heavy (non-hydrogen) atoms. The van der Waals surface area contributed by atoms with E-state index in [1.807, 2.05) is 19.1 Å². The van der Waals surface area contributed by atoms with E-state index in [1.54, 1.807) is 31.3 Å². The molecule has 0 fully saturated rings. The molecule has 0 aliphatic carbocycles. The Morgan fingerprint density at radius 2 is 1.57 bits per heavy atom. The number of benzene rings is 1. The number of alkyl carbamates (subject to hydrolysis) is 2. The number of carbonyl (C=O) groups excluding carboxylic acids is 3. The van der Waals surface area contributed by atoms with Gasteiger partial charge >= 0.3 is 12.2 Å². The molecule has 0 aliphatic heterocycles. The molecular weight excluding hydrogens is 576 g/mol. The van der Waals surface area contributed by atoms with E-state index < -0.39 is 18.4 Å². The summed E-state index contributed by atoms with van der Waals surface area (Å²) in [4.78, 5) is 40.5. The van der Waals surface area contributed by atoms with Crippen LogP contribution in [0.4, 0.5) is 15.3 Å². The first-order chi connectivity index (χ1) is 19.3. The Balaban J connectivity index is 1.57. The second-order valence-electron chi connectivity index (χ2n) is 9.93. The number of aromatic nitrogens is 1. The molecule has 3 N–H and O–H groups in total. The van der Waals surface area contributed by atoms with Crippen LogP contribution >= 0.6 is 15.9 Å². The number of nitrogens with zero attached hydrogens (tertiary/aromatic N) is 1. The fraction of sp³-hybridized carbons (Fsp3) is 0.533. The molecule has 0 radical (unpaired) electrons. The first kappa shape index (κ1) is 33.1. The van der Waals surface area contributed by atoms with E-state index in [0.29, 0.717) is 17.7 Å². The maximum atomic E-state index is 12.3. The molecule has 0 aliphatic rings. The van der Waals surface area contributed by atoms with E-state index in [9.17, 15) is 14.4 Å². The van der Waals surface area contributed by atoms with Gasteiger partial charge in [-0.05, 0) is 60.0 Å². The van der Waals surface area contributed by atoms with Gasteiger partial charge in [-0.15, -0.1) is 0 Å². The summed E-state index contributed by atoms with van der Waals surface area (Å²) < 4.78 is 11.2. The highest BCUT2D eigenvalue weighted by atomic mass is 79.9. The molecule has 0 spiro atoms. The van der Waals surface area contributed by atoms with Crippen LogP contribution in [0.3, 0.4) is 0 Å². The van der Waals surface area contributed by atoms with Crippen molar-refractivity contribution in [2.45, 2.75) is 97.2 Å². The van der Waals surface area contributed by atoms with Crippen molar-refractivity contribution in [1.29, 1.82) is 0 Å². The molecule has 1 heterocycles. The molecule has 0 bridgehead atoms. The van der Waals surface area contributed by atoms with Crippen LogP contribution in [0.2, 0.25) is 0 Å². The quantitative estimate of drug-likeness (QED) is 0.126. The number of hydrogen-bond acceptors (Lipinski definition) is 6. The second-order valence-corrected chi connectivity index (χ2v) is 10.8. The average Bonchev–Trinajstić information content (AvgIpc) is 2.91. The molecule has 1 aromatic heterocycles. The van der Waals surface area contributed by atoms with Crippen molar-refractivity contribution in [3.05, 3.63) is 58.3 Å². The van der Waals surface area contributed by atoms with Gasteiger partial charge in [-0.2, -0.15) is 0 Å². The molecule has 2 aromatic rings. The lowest BCUT2D eigenvalue weighted by Gasteiger charge is -2.18. The van der Waals surface area contributed by atoms with Gasteiger partial charge in [-0.3, -0.25) is 15.1 Å². The first-order valence-electron chi connectivity index (χ1n) is 14.2. The Labute approximate surface area is 246 Å². The Kier molecular flexibility index (Phi) is 15.7. The predicted octanol–water partition coefficient (Wildman–Crippen LogP) is 7.36. The number of hydrogen-bond donors (Lipinski definition) is 3. The van der Waals surface area contributed by atoms with E-state index in [0.717, 1.165) is 22.9 Å². The van der Waals surface area contributed by atoms with Gasteiger partial charge in [-0.1, -0.05) is 70.4 Å². The van der Waals surface area contributed by atoms with Gasteiger partial charge in [0.1, 0.15) is 0 Å². The van der Waals surface area contributed by atoms with Crippen LogP contribution in [0.5, 0.6) is 0 Å². The van der Waals surface area contributed by atoms with Gasteiger partial charge in [0, 0.05) is 35.0 Å². The highest BCUT2D eigenvalue weighted by Crippen LogP contribution is 2.14. The zero-order valence-corrected chi connectivity index (χ0v) is 25.4. The Hall–Kier alpha value is -3.14. The van der Waals surface area contributed by atoms with Crippen molar-refractivity contribution >= 4 is 39.7 Å². The summed E-state index contributed by atoms with van der Waals surface area (Å²) in [5.74, 6) is -0.260. The molecule has 10 heteroatoms. The van der Waals surface area contributed by atoms with Gasteiger partial charge in [0.2, 0.25) is 0 Å². The van der Waals surface area contributed by atoms with E-state index in [1.165, 1.54) is 51.1 Å². The minimum atomic E-state index is -0.828. The number of anilines is 1. The summed E-state index contributed by atoms with van der Waals surface area (Å²) in [5.41, 5.74) is 2.02. The van der Waals surface area contributed by atoms with Crippen LogP contribution in [-0.2, 0) is 15.9 Å². The van der Waals surface area contributed by atoms with Gasteiger partial charge in [0.15, 0.2) is 6.23 Å². The van der Waals surface area contributed by atoms with Crippen LogP contribution in [0, 0.1) is 0 Å². The lowest BCUT2D eigenvalue weighted by Crippen LogP contribution is -2.41. The second kappa shape index (κ2) is 19.0. The topological polar surface area (TPSA) is 119 Å². The van der Waals surface area contributed by atoms with Crippen LogP contribution < -0.4 is 16.0 Å². The third-order valence-electron chi connectivity index (χ3n) is 6.26. The van der Waals surface area contributed by atoms with Crippen LogP contribution in [0.15, 0.2) is 47.2 Å². The van der Waals surface area contributed by atoms with Crippen molar-refractivity contribution in [3.63, 3.8) is 0 Å². The highest BCUT2D eigenvalue weighted by molar-refractivity contribution is 9.10. The zero-order valence-electron chi connectivity index (χ0n) is 23.8. The molecule has 2 unspecified atom stereocenters. The fourth-order valence-corrected chi connectivity index (χ4v) is 4.41. The van der Waals surface area contributed by atoms with E-state index in [4.69, 9.17) is 9.47 Å². The molecule has 1 aromatic carbocycles. The number of carbonyl (C=O) groups is 3. The number of ether oxygens (including phenoxy) is 2. The maximum absolute atomic E-state index is 12.3. The molecule has 0 saturated carbocycles. The summed E-state index contributed by atoms with van der Waals surface area (Å²) >= 11 is 3.30. The minimum absolute atomic E-state index is 0.00368. The summed E-state index contributed by atoms with van der Waals surface area (Å²) in [6, 6.07) is 8.95. The van der Waals surface area contributed by atoms with Gasteiger partial charge in [-0.25, -0.2) is 9.59 Å². The number of nitrogens with one attached hydrogen (secondary N) is 3. The zero-order chi connectivity index (χ0) is 29.2. The van der Waals surface area contributed by atoms with Crippen molar-refractivity contribution in [2.75, 3.05) is 11.9 Å². The largest absolute Gasteiger partial charge is 0.449 e. The minimum Gasteiger partial charge on any atom is -0.449 e. The lowest BCUT2D eigenvalue weighted by molar-refractivity contribution is 0.0752. The Morgan fingerprint density at radius 1 is 0.900 bits per heavy atom. The number of pyridine rings is 1. The third-order valence-corrected chi connectivity index (χ3v) is 6.70. The molecular formula is C30H43BrN4O5. The number of amides is 3. The predicted molar refractivity (Wildman–Crippen MR) is 160 cm³/mol. The molecule has 220 valence electrons. The Morgan fingerprint density at radius 3 is 2.25 bits per heavy atom. The Bertz CT molecular complexity index is 1050. The molecule has 2 atom stereocenters. The van der Waals surface area contributed by atoms with E-state index >= 15 is 0 Å². The SMILES string of the molecule is CCCCCCCCCCC(C)NC(=O)OC(C)NC(=O)OCCc1ccc(NC(=O)c2cncc(Br)c2)cc1. The van der Waals surface area contributed by atoms with Gasteiger partial charge < -0.3 is 20.1 Å². The number of rotatable bonds is 17. The fourth-order valence-electron chi connectivity index (χ4n) is 4.05. The summed E-state index contributed by atoms with van der Waals surface area (Å²) in [6.45, 7) is 5.90. The average molecular weight is 620 g/mol. The van der Waals surface area contributed by atoms with Crippen LogP contribution in [-0.4, -0.2) is 42.0 Å². The highest BCUT2D eigenvalue weighted by Gasteiger charge is 2.15. The number of unbranched alkanes of at least 4 members (excludes halogenated alkanes) is 7. The molecule has 3 amide bonds. The molecule has 9 nitrogen and oxygen atoms in total. The smallest absolute Gasteiger partial charge is 0.409 e. The van der Waals surface area contributed by atoms with Gasteiger partial charge in [0.25, 0.3) is 5.91 Å². The molecule has 2 rings (SSSR count). The maximum Gasteiger partial charge on any atom is 0.409 e. The van der Waals surface area contributed by atoms with E-state index in [2.05, 4.69) is 43.8 Å². The van der Waals surface area contributed by atoms with Gasteiger partial charge in [0.05, 0.1) is 12.2 Å². The standard InChI is InChI=1S/C30H43BrN4O5/c1-4-5-6-7-8-9-10-11-12-22(2)33-30(38)40-23(3)34-29(37)39-18-17-24-13-15-27(16-14-24)35-28(36)25-19-26(31)21-32-20-25/h13-16,19-23H,4-12,17-18H2,1-3H3,(H,33,38)(H,34,37)(H,35,36). The normalized spacial score (nSPS) is 12.2. The number of halogens is 1. The summed E-state index contributed by atoms with van der Waals surface area (Å²) in [7, 11) is 0.